The molecule has 3 heterocycles. The molecule has 224 valence electrons. The van der Waals surface area contributed by atoms with E-state index in [1.54, 1.807) is 11.6 Å². The molecule has 0 aliphatic carbocycles. The van der Waals surface area contributed by atoms with Crippen molar-refractivity contribution in [1.29, 1.82) is 0 Å². The van der Waals surface area contributed by atoms with Gasteiger partial charge in [-0.1, -0.05) is 91.0 Å². The fourth-order valence-electron chi connectivity index (χ4n) is 6.28. The Hall–Kier alpha value is -3.30. The Balaban J connectivity index is 1.54. The molecule has 3 unspecified atom stereocenters. The lowest BCUT2D eigenvalue weighted by molar-refractivity contribution is -0.142. The molecule has 43 heavy (non-hydrogen) atoms. The number of aromatic amines is 1. The number of H-pyrrole nitrogens is 1. The molecule has 0 bridgehead atoms. The fourth-order valence-corrected chi connectivity index (χ4v) is 8.17. The van der Waals surface area contributed by atoms with Crippen molar-refractivity contribution < 1.29 is 13.8 Å². The van der Waals surface area contributed by atoms with Crippen molar-refractivity contribution in [2.75, 3.05) is 32.8 Å². The summed E-state index contributed by atoms with van der Waals surface area (Å²) in [6.45, 7) is -0.0450. The second kappa shape index (κ2) is 12.4. The molecular formula is C32H34ClN4O5P. The molecule has 0 amide bonds. The van der Waals surface area contributed by atoms with Crippen LogP contribution in [-0.2, 0) is 19.4 Å². The summed E-state index contributed by atoms with van der Waals surface area (Å²) in [5.74, 6) is 0. The number of benzene rings is 3. The Kier molecular flexibility index (Phi) is 8.56. The number of aromatic nitrogens is 2. The molecule has 2 aliphatic heterocycles. The van der Waals surface area contributed by atoms with Gasteiger partial charge in [-0.3, -0.25) is 23.8 Å². The van der Waals surface area contributed by atoms with Gasteiger partial charge < -0.3 is 9.26 Å². The average molecular weight is 621 g/mol. The molecule has 0 radical (unpaired) electrons. The van der Waals surface area contributed by atoms with Gasteiger partial charge in [0.2, 0.25) is 0 Å². The number of hydrogen-bond acceptors (Lipinski definition) is 6. The third-order valence-corrected chi connectivity index (χ3v) is 10.7. The van der Waals surface area contributed by atoms with E-state index in [0.29, 0.717) is 38.2 Å². The van der Waals surface area contributed by atoms with Crippen LogP contribution in [0.25, 0.3) is 0 Å². The van der Waals surface area contributed by atoms with Crippen LogP contribution in [0.1, 0.15) is 34.9 Å². The van der Waals surface area contributed by atoms with Crippen molar-refractivity contribution >= 4 is 18.1 Å². The minimum Gasteiger partial charge on any atom is -0.351 e. The minimum absolute atomic E-state index is 0.235. The van der Waals surface area contributed by atoms with Gasteiger partial charge in [0, 0.05) is 37.9 Å². The van der Waals surface area contributed by atoms with Gasteiger partial charge in [0.25, 0.3) is 5.56 Å². The smallest absolute Gasteiger partial charge is 0.351 e. The maximum atomic E-state index is 13.2. The molecule has 4 aromatic rings. The van der Waals surface area contributed by atoms with Gasteiger partial charge in [-0.25, -0.2) is 9.46 Å². The zero-order valence-electron chi connectivity index (χ0n) is 23.8. The Morgan fingerprint density at radius 2 is 1.47 bits per heavy atom. The molecule has 2 aliphatic rings. The van der Waals surface area contributed by atoms with Gasteiger partial charge in [-0.15, -0.1) is 0 Å². The number of nitrogens with zero attached hydrogens (tertiary/aromatic N) is 3. The van der Waals surface area contributed by atoms with E-state index in [1.165, 1.54) is 10.8 Å². The van der Waals surface area contributed by atoms with Crippen molar-refractivity contribution in [3.05, 3.63) is 140 Å². The minimum atomic E-state index is -3.52. The van der Waals surface area contributed by atoms with E-state index in [-0.39, 0.29) is 6.54 Å². The monoisotopic (exact) mass is 620 g/mol. The summed E-state index contributed by atoms with van der Waals surface area (Å²) in [5.41, 5.74) is 1.74. The highest BCUT2D eigenvalue weighted by molar-refractivity contribution is 7.83. The zero-order chi connectivity index (χ0) is 30.0. The zero-order valence-corrected chi connectivity index (χ0v) is 25.5. The summed E-state index contributed by atoms with van der Waals surface area (Å²) in [6.07, 6.45) is 0.953. The van der Waals surface area contributed by atoms with Crippen LogP contribution in [0.4, 0.5) is 0 Å². The van der Waals surface area contributed by atoms with E-state index < -0.39 is 36.0 Å². The Morgan fingerprint density at radius 3 is 2.00 bits per heavy atom. The summed E-state index contributed by atoms with van der Waals surface area (Å²) in [7, 11) is 0. The van der Waals surface area contributed by atoms with Crippen molar-refractivity contribution in [2.45, 2.75) is 31.2 Å². The van der Waals surface area contributed by atoms with Gasteiger partial charge in [-0.2, -0.15) is 0 Å². The molecule has 1 N–H and O–H groups in total. The molecule has 3 aromatic carbocycles. The maximum Gasteiger partial charge on any atom is 0.363 e. The molecule has 11 heteroatoms. The quantitative estimate of drug-likeness (QED) is 0.227. The lowest BCUT2D eigenvalue weighted by Gasteiger charge is -2.51. The highest BCUT2D eigenvalue weighted by Gasteiger charge is 2.47. The molecule has 0 saturated carbocycles. The average Bonchev–Trinajstić information content (AvgIpc) is 3.02. The predicted molar refractivity (Wildman–Crippen MR) is 166 cm³/mol. The van der Waals surface area contributed by atoms with Gasteiger partial charge in [-0.05, 0) is 41.3 Å². The Morgan fingerprint density at radius 1 is 0.907 bits per heavy atom. The van der Waals surface area contributed by atoms with Crippen LogP contribution in [0.15, 0.2) is 107 Å². The first kappa shape index (κ1) is 29.8. The first-order valence-corrected chi connectivity index (χ1v) is 16.9. The van der Waals surface area contributed by atoms with Crippen LogP contribution in [0.2, 0.25) is 0 Å². The van der Waals surface area contributed by atoms with Crippen molar-refractivity contribution in [3.8, 4) is 0 Å². The van der Waals surface area contributed by atoms with Crippen molar-refractivity contribution in [2.24, 2.45) is 0 Å². The van der Waals surface area contributed by atoms with E-state index in [4.69, 9.17) is 20.5 Å². The van der Waals surface area contributed by atoms with E-state index in [9.17, 15) is 14.2 Å². The number of rotatable bonds is 7. The van der Waals surface area contributed by atoms with Gasteiger partial charge >= 0.3 is 12.6 Å². The number of halogens is 1. The highest BCUT2D eigenvalue weighted by atomic mass is 35.7. The van der Waals surface area contributed by atoms with Crippen LogP contribution in [0.3, 0.4) is 0 Å². The second-order valence-corrected chi connectivity index (χ2v) is 14.0. The summed E-state index contributed by atoms with van der Waals surface area (Å²) in [4.78, 5) is 30.2. The van der Waals surface area contributed by atoms with Crippen molar-refractivity contribution in [3.63, 3.8) is 0 Å². The molecule has 6 rings (SSSR count). The topological polar surface area (TPSA) is 96.9 Å². The number of ether oxygens (including phenoxy) is 1. The van der Waals surface area contributed by atoms with Crippen LogP contribution in [0.5, 0.6) is 0 Å². The predicted octanol–water partition coefficient (Wildman–Crippen LogP) is 5.11. The van der Waals surface area contributed by atoms with Crippen LogP contribution in [-0.4, -0.2) is 58.0 Å². The number of nitrogens with one attached hydrogen (secondary N) is 1. The standard InChI is InChI=1S/C32H34ClN4O5P/c1-24-20-37(31(39)34-30(24)38)29-23-35(21-28(42-29)22-36-18-11-19-41-43(36,33)40)32(25-12-5-2-6-13-25,26-14-7-3-8-15-26)27-16-9-4-10-17-27/h2-10,12-17,20,28-29H,11,18-19,21-23H2,1H3,(H,34,38,39). The Labute approximate surface area is 254 Å². The van der Waals surface area contributed by atoms with Gasteiger partial charge in [0.15, 0.2) is 6.23 Å². The largest absolute Gasteiger partial charge is 0.363 e. The lowest BCUT2D eigenvalue weighted by Crippen LogP contribution is -2.59. The van der Waals surface area contributed by atoms with E-state index in [1.807, 2.05) is 54.6 Å². The molecule has 0 spiro atoms. The van der Waals surface area contributed by atoms with E-state index in [0.717, 1.165) is 16.7 Å². The molecule has 2 fully saturated rings. The SMILES string of the molecule is Cc1cn(C2CN(C(c3ccccc3)(c3ccccc3)c3ccccc3)CC(CN3CCCOP3(=O)Cl)O2)c(=O)[nH]c1=O. The third kappa shape index (κ3) is 5.81. The highest BCUT2D eigenvalue weighted by Crippen LogP contribution is 2.58. The lowest BCUT2D eigenvalue weighted by atomic mass is 9.75. The fraction of sp³-hybridized carbons (Fsp3) is 0.312. The summed E-state index contributed by atoms with van der Waals surface area (Å²) in [5, 5.41) is 0. The number of aryl methyl sites for hydroxylation is 1. The summed E-state index contributed by atoms with van der Waals surface area (Å²) >= 11 is 6.38. The number of hydrogen-bond donors (Lipinski definition) is 1. The molecular weight excluding hydrogens is 587 g/mol. The maximum absolute atomic E-state index is 13.2. The molecule has 9 nitrogen and oxygen atoms in total. The second-order valence-electron chi connectivity index (χ2n) is 11.0. The molecule has 1 aromatic heterocycles. The van der Waals surface area contributed by atoms with Crippen LogP contribution < -0.4 is 11.2 Å². The first-order valence-electron chi connectivity index (χ1n) is 14.4. The van der Waals surface area contributed by atoms with E-state index >= 15 is 0 Å². The number of morpholine rings is 1. The van der Waals surface area contributed by atoms with Crippen LogP contribution in [0, 0.1) is 6.92 Å². The third-order valence-electron chi connectivity index (χ3n) is 8.22. The Bertz CT molecular complexity index is 1620. The summed E-state index contributed by atoms with van der Waals surface area (Å²) in [6, 6.07) is 30.8. The first-order chi connectivity index (χ1) is 20.8. The normalized spacial score (nSPS) is 23.7. The molecule has 3 atom stereocenters. The van der Waals surface area contributed by atoms with Crippen LogP contribution >= 0.6 is 18.1 Å². The van der Waals surface area contributed by atoms with Crippen molar-refractivity contribution in [1.82, 2.24) is 19.1 Å². The summed E-state index contributed by atoms with van der Waals surface area (Å²) < 4.78 is 28.3. The van der Waals surface area contributed by atoms with Gasteiger partial charge in [0.05, 0.1) is 18.2 Å². The van der Waals surface area contributed by atoms with Gasteiger partial charge in [0.1, 0.15) is 0 Å². The van der Waals surface area contributed by atoms with E-state index in [2.05, 4.69) is 46.3 Å². The molecule has 2 saturated heterocycles.